The molecule has 3 nitrogen and oxygen atoms in total. The van der Waals surface area contributed by atoms with Crippen LogP contribution in [0, 0.1) is 23.3 Å². The van der Waals surface area contributed by atoms with E-state index in [-0.39, 0.29) is 41.9 Å². The van der Waals surface area contributed by atoms with Gasteiger partial charge in [-0.2, -0.15) is 4.39 Å². The zero-order chi connectivity index (χ0) is 29.2. The first kappa shape index (κ1) is 30.8. The summed E-state index contributed by atoms with van der Waals surface area (Å²) in [5, 5.41) is 0. The lowest BCUT2D eigenvalue weighted by molar-refractivity contribution is -0.189. The Hall–Kier alpha value is -3.16. The number of benzene rings is 3. The predicted octanol–water partition coefficient (Wildman–Crippen LogP) is 9.74. The highest BCUT2D eigenvalue weighted by Gasteiger charge is 2.27. The van der Waals surface area contributed by atoms with Crippen molar-refractivity contribution in [2.45, 2.75) is 71.0 Å². The Labute approximate surface area is 240 Å². The highest BCUT2D eigenvalue weighted by molar-refractivity contribution is 5.72. The number of ether oxygens (including phenoxy) is 3. The fourth-order valence-corrected chi connectivity index (χ4v) is 4.97. The van der Waals surface area contributed by atoms with Crippen molar-refractivity contribution in [3.8, 4) is 28.0 Å². The van der Waals surface area contributed by atoms with Crippen LogP contribution >= 0.6 is 0 Å². The average molecular weight is 571 g/mol. The summed E-state index contributed by atoms with van der Waals surface area (Å²) < 4.78 is 76.8. The Morgan fingerprint density at radius 2 is 1.37 bits per heavy atom. The van der Waals surface area contributed by atoms with E-state index in [2.05, 4.69) is 6.92 Å². The Balaban J connectivity index is 1.41. The second-order valence-electron chi connectivity index (χ2n) is 10.3. The number of halogens is 4. The lowest BCUT2D eigenvalue weighted by atomic mass is 9.94. The fourth-order valence-electron chi connectivity index (χ4n) is 4.97. The van der Waals surface area contributed by atoms with E-state index in [9.17, 15) is 8.78 Å². The minimum absolute atomic E-state index is 0.0627. The van der Waals surface area contributed by atoms with Gasteiger partial charge in [-0.25, -0.2) is 13.2 Å². The number of hydrogen-bond acceptors (Lipinski definition) is 3. The quantitative estimate of drug-likeness (QED) is 0.116. The summed E-state index contributed by atoms with van der Waals surface area (Å²) in [7, 11) is 0. The van der Waals surface area contributed by atoms with Gasteiger partial charge in [-0.05, 0) is 48.6 Å². The van der Waals surface area contributed by atoms with E-state index < -0.39 is 29.2 Å². The molecule has 3 aromatic carbocycles. The van der Waals surface area contributed by atoms with Crippen molar-refractivity contribution in [1.82, 2.24) is 0 Å². The second-order valence-corrected chi connectivity index (χ2v) is 10.3. The molecule has 0 unspecified atom stereocenters. The first-order chi connectivity index (χ1) is 19.9. The maximum absolute atomic E-state index is 15.2. The van der Waals surface area contributed by atoms with Crippen LogP contribution < -0.4 is 4.74 Å². The van der Waals surface area contributed by atoms with Gasteiger partial charge in [0, 0.05) is 23.5 Å². The highest BCUT2D eigenvalue weighted by atomic mass is 19.2. The van der Waals surface area contributed by atoms with Gasteiger partial charge in [-0.15, -0.1) is 0 Å². The summed E-state index contributed by atoms with van der Waals surface area (Å²) in [5.74, 6) is -4.49. The molecule has 1 saturated heterocycles. The molecule has 1 aliphatic rings. The molecule has 1 aliphatic heterocycles. The van der Waals surface area contributed by atoms with E-state index in [1.807, 2.05) is 19.1 Å². The first-order valence-corrected chi connectivity index (χ1v) is 14.5. The number of rotatable bonds is 13. The molecular weight excluding hydrogens is 532 g/mol. The third-order valence-corrected chi connectivity index (χ3v) is 7.38. The Morgan fingerprint density at radius 3 is 2.00 bits per heavy atom. The van der Waals surface area contributed by atoms with Crippen LogP contribution in [0.25, 0.3) is 22.3 Å². The van der Waals surface area contributed by atoms with Crippen molar-refractivity contribution in [3.63, 3.8) is 0 Å². The summed E-state index contributed by atoms with van der Waals surface area (Å²) in [6, 6.07) is 12.2. The molecule has 3 aromatic rings. The van der Waals surface area contributed by atoms with Crippen LogP contribution in [0.4, 0.5) is 17.6 Å². The number of unbranched alkanes of at least 4 members (excludes halogenated alkanes) is 4. The van der Waals surface area contributed by atoms with Gasteiger partial charge in [0.15, 0.2) is 29.5 Å². The van der Waals surface area contributed by atoms with E-state index in [1.165, 1.54) is 18.2 Å². The molecule has 0 N–H and O–H groups in total. The molecule has 0 aromatic heterocycles. The normalized spacial score (nSPS) is 17.3. The molecule has 41 heavy (non-hydrogen) atoms. The van der Waals surface area contributed by atoms with Crippen LogP contribution in [0.3, 0.4) is 0 Å². The average Bonchev–Trinajstić information content (AvgIpc) is 2.99. The Morgan fingerprint density at radius 1 is 0.756 bits per heavy atom. The van der Waals surface area contributed by atoms with Gasteiger partial charge >= 0.3 is 0 Å². The standard InChI is InChI=1S/C34H38F4O3/c1-3-5-7-8-10-20-39-29-19-18-27(33(37)34(29)38)24-14-12-23(13-15-24)26-16-17-28(32(36)31(26)35)25-21-40-30(41-22-25)11-9-6-4-2/h4,6,12-19,25,30H,3,5,7-11,20-22H2,1-2H3/b6-4+. The van der Waals surface area contributed by atoms with Crippen LogP contribution in [-0.2, 0) is 9.47 Å². The molecule has 0 bridgehead atoms. The second kappa shape index (κ2) is 15.2. The van der Waals surface area contributed by atoms with E-state index in [1.54, 1.807) is 30.3 Å². The van der Waals surface area contributed by atoms with E-state index >= 15 is 8.78 Å². The minimum Gasteiger partial charge on any atom is -0.490 e. The third kappa shape index (κ3) is 7.77. The van der Waals surface area contributed by atoms with Crippen molar-refractivity contribution in [2.24, 2.45) is 0 Å². The van der Waals surface area contributed by atoms with Gasteiger partial charge in [0.1, 0.15) is 0 Å². The monoisotopic (exact) mass is 570 g/mol. The number of hydrogen-bond donors (Lipinski definition) is 0. The zero-order valence-corrected chi connectivity index (χ0v) is 23.7. The molecular formula is C34H38F4O3. The molecule has 0 spiro atoms. The molecule has 0 saturated carbocycles. The summed E-state index contributed by atoms with van der Waals surface area (Å²) in [6.45, 7) is 4.89. The van der Waals surface area contributed by atoms with Gasteiger partial charge in [0.2, 0.25) is 5.82 Å². The lowest BCUT2D eigenvalue weighted by Gasteiger charge is -2.30. The van der Waals surface area contributed by atoms with Gasteiger partial charge < -0.3 is 14.2 Å². The third-order valence-electron chi connectivity index (χ3n) is 7.38. The fraction of sp³-hybridized carbons (Fsp3) is 0.412. The van der Waals surface area contributed by atoms with Gasteiger partial charge in [-0.1, -0.05) is 81.2 Å². The van der Waals surface area contributed by atoms with E-state index in [0.717, 1.165) is 38.5 Å². The smallest absolute Gasteiger partial charge is 0.201 e. The SMILES string of the molecule is C/C=C/CCC1OCC(c2ccc(-c3ccc(-c4ccc(OCCCCCCC)c(F)c4F)cc3)c(F)c2F)CO1. The van der Waals surface area contributed by atoms with Crippen molar-refractivity contribution < 1.29 is 31.8 Å². The molecule has 1 heterocycles. The van der Waals surface area contributed by atoms with Crippen LogP contribution in [0.5, 0.6) is 5.75 Å². The summed E-state index contributed by atoms with van der Waals surface area (Å²) >= 11 is 0. The molecule has 0 aliphatic carbocycles. The Bertz CT molecular complexity index is 1300. The maximum atomic E-state index is 15.2. The van der Waals surface area contributed by atoms with Crippen molar-refractivity contribution in [1.29, 1.82) is 0 Å². The van der Waals surface area contributed by atoms with Crippen LogP contribution in [-0.4, -0.2) is 26.1 Å². The molecule has 4 rings (SSSR count). The Kier molecular flexibility index (Phi) is 11.4. The van der Waals surface area contributed by atoms with Crippen molar-refractivity contribution >= 4 is 0 Å². The molecule has 0 atom stereocenters. The molecule has 220 valence electrons. The maximum Gasteiger partial charge on any atom is 0.201 e. The summed E-state index contributed by atoms with van der Waals surface area (Å²) in [5.41, 5.74) is 1.17. The molecule has 7 heteroatoms. The molecule has 0 radical (unpaired) electrons. The largest absolute Gasteiger partial charge is 0.490 e. The van der Waals surface area contributed by atoms with Crippen molar-refractivity contribution in [3.05, 3.63) is 89.5 Å². The van der Waals surface area contributed by atoms with Gasteiger partial charge in [0.25, 0.3) is 0 Å². The summed E-state index contributed by atoms with van der Waals surface area (Å²) in [6.07, 6.45) is 10.3. The minimum atomic E-state index is -1.04. The van der Waals surface area contributed by atoms with Crippen LogP contribution in [0.15, 0.2) is 60.7 Å². The van der Waals surface area contributed by atoms with Crippen molar-refractivity contribution in [2.75, 3.05) is 19.8 Å². The van der Waals surface area contributed by atoms with Gasteiger partial charge in [0.05, 0.1) is 19.8 Å². The van der Waals surface area contributed by atoms with Crippen LogP contribution in [0.2, 0.25) is 0 Å². The van der Waals surface area contributed by atoms with E-state index in [4.69, 9.17) is 14.2 Å². The lowest BCUT2D eigenvalue weighted by Crippen LogP contribution is -2.31. The highest BCUT2D eigenvalue weighted by Crippen LogP contribution is 2.34. The zero-order valence-electron chi connectivity index (χ0n) is 23.7. The molecule has 0 amide bonds. The molecule has 1 fully saturated rings. The summed E-state index contributed by atoms with van der Waals surface area (Å²) in [4.78, 5) is 0. The predicted molar refractivity (Wildman–Crippen MR) is 154 cm³/mol. The van der Waals surface area contributed by atoms with E-state index in [0.29, 0.717) is 24.2 Å². The number of allylic oxidation sites excluding steroid dienone is 2. The first-order valence-electron chi connectivity index (χ1n) is 14.5. The topological polar surface area (TPSA) is 27.7 Å². The van der Waals surface area contributed by atoms with Crippen LogP contribution in [0.1, 0.15) is 70.3 Å². The van der Waals surface area contributed by atoms with Gasteiger partial charge in [-0.3, -0.25) is 0 Å².